The third kappa shape index (κ3) is 10.5. The molecule has 0 rings (SSSR count). The molecule has 0 aliphatic rings. The van der Waals surface area contributed by atoms with Gasteiger partial charge in [0.1, 0.15) is 0 Å². The first-order valence-electron chi connectivity index (χ1n) is 5.45. The van der Waals surface area contributed by atoms with Gasteiger partial charge in [-0.1, -0.05) is 0 Å². The number of methoxy groups -OCH3 is 1. The van der Waals surface area contributed by atoms with Gasteiger partial charge in [0.25, 0.3) is 0 Å². The topological polar surface area (TPSA) is 30.5 Å². The van der Waals surface area contributed by atoms with Crippen LogP contribution >= 0.6 is 11.8 Å². The second kappa shape index (κ2) is 9.46. The summed E-state index contributed by atoms with van der Waals surface area (Å²) in [5, 5.41) is 3.39. The van der Waals surface area contributed by atoms with Gasteiger partial charge in [-0.25, -0.2) is 0 Å². The summed E-state index contributed by atoms with van der Waals surface area (Å²) in [5.41, 5.74) is 0. The number of ether oxygens (including phenoxy) is 2. The molecular formula is C11H25NO2S. The fraction of sp³-hybridized carbons (Fsp3) is 1.00. The Bertz CT molecular complexity index is 143. The van der Waals surface area contributed by atoms with Gasteiger partial charge in [-0.3, -0.25) is 0 Å². The van der Waals surface area contributed by atoms with Crippen LogP contribution in [0.25, 0.3) is 0 Å². The molecular weight excluding hydrogens is 210 g/mol. The van der Waals surface area contributed by atoms with E-state index < -0.39 is 0 Å². The van der Waals surface area contributed by atoms with E-state index in [-0.39, 0.29) is 0 Å². The first kappa shape index (κ1) is 15.2. The second-order valence-corrected chi connectivity index (χ2v) is 5.61. The number of nitrogens with one attached hydrogen (secondary N) is 1. The number of thioether (sulfide) groups is 1. The van der Waals surface area contributed by atoms with Crippen molar-refractivity contribution >= 4 is 11.8 Å². The smallest absolute Gasteiger partial charge is 0.0590 e. The highest BCUT2D eigenvalue weighted by Gasteiger charge is 2.14. The number of rotatable bonds is 10. The van der Waals surface area contributed by atoms with Crippen molar-refractivity contribution < 1.29 is 9.47 Å². The van der Waals surface area contributed by atoms with Gasteiger partial charge >= 0.3 is 0 Å². The van der Waals surface area contributed by atoms with Gasteiger partial charge in [-0.15, -0.1) is 0 Å². The SMILES string of the molecule is COCCCOCCNCC(C)(C)SC. The maximum absolute atomic E-state index is 5.43. The van der Waals surface area contributed by atoms with Crippen LogP contribution in [0.15, 0.2) is 0 Å². The van der Waals surface area contributed by atoms with E-state index in [0.29, 0.717) is 4.75 Å². The van der Waals surface area contributed by atoms with Crippen molar-refractivity contribution in [2.24, 2.45) is 0 Å². The van der Waals surface area contributed by atoms with Crippen molar-refractivity contribution in [2.75, 3.05) is 46.3 Å². The molecule has 0 aromatic heterocycles. The van der Waals surface area contributed by atoms with E-state index in [0.717, 1.165) is 39.3 Å². The highest BCUT2D eigenvalue weighted by molar-refractivity contribution is 7.99. The third-order valence-electron chi connectivity index (χ3n) is 2.16. The first-order valence-corrected chi connectivity index (χ1v) is 6.67. The maximum atomic E-state index is 5.43. The number of hydrogen-bond donors (Lipinski definition) is 1. The first-order chi connectivity index (χ1) is 7.12. The van der Waals surface area contributed by atoms with Crippen molar-refractivity contribution in [2.45, 2.75) is 25.0 Å². The Balaban J connectivity index is 3.11. The molecule has 0 spiro atoms. The van der Waals surface area contributed by atoms with Gasteiger partial charge in [0.2, 0.25) is 0 Å². The summed E-state index contributed by atoms with van der Waals surface area (Å²) in [5.74, 6) is 0. The van der Waals surface area contributed by atoms with Gasteiger partial charge in [-0.2, -0.15) is 11.8 Å². The molecule has 0 atom stereocenters. The molecule has 15 heavy (non-hydrogen) atoms. The van der Waals surface area contributed by atoms with Gasteiger partial charge in [0, 0.05) is 38.2 Å². The van der Waals surface area contributed by atoms with Gasteiger partial charge in [-0.05, 0) is 26.5 Å². The molecule has 0 saturated heterocycles. The fourth-order valence-electron chi connectivity index (χ4n) is 1.01. The van der Waals surface area contributed by atoms with Crippen LogP contribution in [-0.4, -0.2) is 51.0 Å². The standard InChI is InChI=1S/C11H25NO2S/c1-11(2,15-4)10-12-6-9-14-8-5-7-13-3/h12H,5-10H2,1-4H3. The van der Waals surface area contributed by atoms with Crippen LogP contribution in [0, 0.1) is 0 Å². The van der Waals surface area contributed by atoms with Gasteiger partial charge in [0.15, 0.2) is 0 Å². The molecule has 0 aromatic carbocycles. The Morgan fingerprint density at radius 1 is 1.20 bits per heavy atom. The highest BCUT2D eigenvalue weighted by Crippen LogP contribution is 2.19. The molecule has 92 valence electrons. The molecule has 0 bridgehead atoms. The van der Waals surface area contributed by atoms with E-state index in [1.54, 1.807) is 7.11 Å². The largest absolute Gasteiger partial charge is 0.385 e. The van der Waals surface area contributed by atoms with Gasteiger partial charge in [0.05, 0.1) is 6.61 Å². The van der Waals surface area contributed by atoms with E-state index >= 15 is 0 Å². The molecule has 0 radical (unpaired) electrons. The monoisotopic (exact) mass is 235 g/mol. The van der Waals surface area contributed by atoms with Crippen molar-refractivity contribution in [1.29, 1.82) is 0 Å². The Kier molecular flexibility index (Phi) is 9.60. The zero-order valence-corrected chi connectivity index (χ0v) is 11.3. The molecule has 0 amide bonds. The molecule has 0 aromatic rings. The average molecular weight is 235 g/mol. The third-order valence-corrected chi connectivity index (χ3v) is 3.41. The molecule has 1 N–H and O–H groups in total. The molecule has 0 aliphatic carbocycles. The molecule has 4 heteroatoms. The Morgan fingerprint density at radius 2 is 1.93 bits per heavy atom. The predicted octanol–water partition coefficient (Wildman–Crippen LogP) is 1.77. The van der Waals surface area contributed by atoms with Crippen LogP contribution in [0.4, 0.5) is 0 Å². The fourth-order valence-corrected chi connectivity index (χ4v) is 1.26. The molecule has 0 aliphatic heterocycles. The summed E-state index contributed by atoms with van der Waals surface area (Å²) in [4.78, 5) is 0. The molecule has 0 saturated carbocycles. The van der Waals surface area contributed by atoms with Crippen LogP contribution in [0.1, 0.15) is 20.3 Å². The Labute approximate surface area is 98.3 Å². The quantitative estimate of drug-likeness (QED) is 0.585. The van der Waals surface area contributed by atoms with Crippen LogP contribution in [0.3, 0.4) is 0 Å². The van der Waals surface area contributed by atoms with E-state index in [2.05, 4.69) is 25.4 Å². The molecule has 0 fully saturated rings. The Morgan fingerprint density at radius 3 is 2.53 bits per heavy atom. The summed E-state index contributed by atoms with van der Waals surface area (Å²) in [6.07, 6.45) is 3.12. The highest BCUT2D eigenvalue weighted by atomic mass is 32.2. The van der Waals surface area contributed by atoms with Crippen molar-refractivity contribution in [3.05, 3.63) is 0 Å². The van der Waals surface area contributed by atoms with E-state index in [1.165, 1.54) is 0 Å². The van der Waals surface area contributed by atoms with E-state index in [4.69, 9.17) is 9.47 Å². The lowest BCUT2D eigenvalue weighted by Crippen LogP contribution is -2.33. The normalized spacial score (nSPS) is 12.0. The lowest BCUT2D eigenvalue weighted by atomic mass is 10.2. The average Bonchev–Trinajstić information content (AvgIpc) is 2.22. The zero-order valence-electron chi connectivity index (χ0n) is 10.5. The van der Waals surface area contributed by atoms with Crippen LogP contribution in [-0.2, 0) is 9.47 Å². The molecule has 0 unspecified atom stereocenters. The van der Waals surface area contributed by atoms with Crippen molar-refractivity contribution in [3.8, 4) is 0 Å². The minimum atomic E-state index is 0.316. The summed E-state index contributed by atoms with van der Waals surface area (Å²) in [7, 11) is 1.71. The lowest BCUT2D eigenvalue weighted by molar-refractivity contribution is 0.104. The van der Waals surface area contributed by atoms with Crippen LogP contribution in [0.5, 0.6) is 0 Å². The van der Waals surface area contributed by atoms with E-state index in [1.807, 2.05) is 11.8 Å². The maximum Gasteiger partial charge on any atom is 0.0590 e. The van der Waals surface area contributed by atoms with Crippen LogP contribution < -0.4 is 5.32 Å². The minimum absolute atomic E-state index is 0.316. The molecule has 3 nitrogen and oxygen atoms in total. The van der Waals surface area contributed by atoms with Crippen molar-refractivity contribution in [1.82, 2.24) is 5.32 Å². The summed E-state index contributed by atoms with van der Waals surface area (Å²) < 4.78 is 10.7. The Hall–Kier alpha value is 0.230. The van der Waals surface area contributed by atoms with Gasteiger partial charge < -0.3 is 14.8 Å². The lowest BCUT2D eigenvalue weighted by Gasteiger charge is -2.22. The second-order valence-electron chi connectivity index (χ2n) is 4.10. The minimum Gasteiger partial charge on any atom is -0.385 e. The summed E-state index contributed by atoms with van der Waals surface area (Å²) in [6.45, 7) is 8.79. The predicted molar refractivity (Wildman–Crippen MR) is 67.8 cm³/mol. The van der Waals surface area contributed by atoms with Crippen molar-refractivity contribution in [3.63, 3.8) is 0 Å². The molecule has 0 heterocycles. The van der Waals surface area contributed by atoms with Crippen LogP contribution in [0.2, 0.25) is 0 Å². The number of hydrogen-bond acceptors (Lipinski definition) is 4. The summed E-state index contributed by atoms with van der Waals surface area (Å²) in [6, 6.07) is 0. The zero-order chi connectivity index (χ0) is 11.6. The summed E-state index contributed by atoms with van der Waals surface area (Å²) >= 11 is 1.88. The van der Waals surface area contributed by atoms with E-state index in [9.17, 15) is 0 Å².